The van der Waals surface area contributed by atoms with Crippen LogP contribution in [0.2, 0.25) is 0 Å². The van der Waals surface area contributed by atoms with Gasteiger partial charge in [0, 0.05) is 40.1 Å². The molecule has 0 bridgehead atoms. The third-order valence-electron chi connectivity index (χ3n) is 11.6. The van der Waals surface area contributed by atoms with E-state index in [1.165, 1.54) is 54.9 Å². The predicted octanol–water partition coefficient (Wildman–Crippen LogP) is 12.5. The van der Waals surface area contributed by atoms with Crippen molar-refractivity contribution in [2.75, 3.05) is 9.80 Å². The summed E-state index contributed by atoms with van der Waals surface area (Å²) in [6.07, 6.45) is 15.7. The van der Waals surface area contributed by atoms with E-state index < -0.39 is 0 Å². The fourth-order valence-corrected chi connectivity index (χ4v) is 9.20. The minimum atomic E-state index is -0.352. The van der Waals surface area contributed by atoms with Gasteiger partial charge >= 0.3 is 0 Å². The summed E-state index contributed by atoms with van der Waals surface area (Å²) in [5.74, 6) is 1.97. The van der Waals surface area contributed by atoms with Crippen molar-refractivity contribution in [1.29, 1.82) is 0 Å². The Morgan fingerprint density at radius 1 is 0.566 bits per heavy atom. The number of aromatic nitrogens is 2. The van der Waals surface area contributed by atoms with E-state index in [1.54, 1.807) is 0 Å². The number of hydrogen-bond donors (Lipinski definition) is 0. The zero-order chi connectivity index (χ0) is 35.7. The van der Waals surface area contributed by atoms with Crippen LogP contribution in [0, 0.1) is 12.8 Å². The van der Waals surface area contributed by atoms with Gasteiger partial charge in [-0.2, -0.15) is 0 Å². The molecule has 3 aliphatic rings. The minimum absolute atomic E-state index is 0.186. The highest BCUT2D eigenvalue weighted by Gasteiger charge is 2.49. The van der Waals surface area contributed by atoms with E-state index in [2.05, 4.69) is 176 Å². The van der Waals surface area contributed by atoms with Crippen LogP contribution in [-0.2, 0) is 5.41 Å². The Kier molecular flexibility index (Phi) is 7.09. The number of fused-ring (bicyclic) bond motifs is 2. The highest BCUT2D eigenvalue weighted by Crippen LogP contribution is 2.59. The lowest BCUT2D eigenvalue weighted by Gasteiger charge is -2.50. The summed E-state index contributed by atoms with van der Waals surface area (Å²) in [6.45, 7) is 7.02. The van der Waals surface area contributed by atoms with Crippen molar-refractivity contribution >= 4 is 62.4 Å². The molecule has 2 aromatic heterocycles. The number of rotatable bonds is 6. The normalized spacial score (nSPS) is 18.2. The number of anilines is 5. The molecule has 7 aromatic rings. The van der Waals surface area contributed by atoms with Crippen LogP contribution in [0.5, 0.6) is 0 Å². The summed E-state index contributed by atoms with van der Waals surface area (Å²) in [5, 5.41) is 4.78. The van der Waals surface area contributed by atoms with E-state index in [1.807, 2.05) is 24.5 Å². The summed E-state index contributed by atoms with van der Waals surface area (Å²) in [5.41, 5.74) is 11.9. The molecule has 0 saturated carbocycles. The van der Waals surface area contributed by atoms with Crippen LogP contribution in [0.25, 0.3) is 33.7 Å². The van der Waals surface area contributed by atoms with Crippen LogP contribution in [0.1, 0.15) is 36.1 Å². The molecule has 0 amide bonds. The zero-order valence-electron chi connectivity index (χ0n) is 30.0. The summed E-state index contributed by atoms with van der Waals surface area (Å²) in [6, 6.07) is 45.2. The summed E-state index contributed by atoms with van der Waals surface area (Å²) < 4.78 is 0. The van der Waals surface area contributed by atoms with Gasteiger partial charge in [-0.25, -0.2) is 9.97 Å². The number of allylic oxidation sites excluding steroid dienone is 5. The van der Waals surface area contributed by atoms with Gasteiger partial charge in [-0.3, -0.25) is 9.80 Å². The second kappa shape index (κ2) is 12.0. The number of hydrogen-bond acceptors (Lipinski definition) is 4. The molecule has 2 atom stereocenters. The molecule has 53 heavy (non-hydrogen) atoms. The molecule has 0 fully saturated rings. The standard InChI is InChI=1S/C49H38N4/c1-32-30-44(52(46-22-8-10-28-50-46)42-20-12-16-34-14-4-6-18-37(34)42)39-25-26-40-33(2)31-45(41-27-24-36(32)48(39)49(40,41)3)53(47-23-9-11-29-51-47)43-21-13-17-35-15-5-7-19-38(35)43/h4-31,40H,1-3H3. The maximum atomic E-state index is 4.97. The average molecular weight is 683 g/mol. The Labute approximate surface area is 310 Å². The van der Waals surface area contributed by atoms with Crippen molar-refractivity contribution in [3.05, 3.63) is 197 Å². The first-order valence-corrected chi connectivity index (χ1v) is 18.4. The summed E-state index contributed by atoms with van der Waals surface area (Å²) >= 11 is 0. The molecule has 0 radical (unpaired) electrons. The van der Waals surface area contributed by atoms with E-state index in [9.17, 15) is 0 Å². The van der Waals surface area contributed by atoms with Gasteiger partial charge in [0.2, 0.25) is 0 Å². The van der Waals surface area contributed by atoms with Crippen LogP contribution < -0.4 is 9.80 Å². The van der Waals surface area contributed by atoms with Gasteiger partial charge in [0.05, 0.1) is 22.8 Å². The SMILES string of the molecule is CC1=CC(N(c2ccccn2)c2cccc3ccccc23)=C2C=Cc3c(C)cc(N(c4ccccn4)c4cccc5ccccc45)c4c3C2(C)C1C=C4. The number of aryl methyl sites for hydroxylation is 1. The van der Waals surface area contributed by atoms with Crippen LogP contribution in [-0.4, -0.2) is 9.97 Å². The molecular weight excluding hydrogens is 645 g/mol. The fraction of sp³-hybridized carbons (Fsp3) is 0.102. The van der Waals surface area contributed by atoms with Crippen molar-refractivity contribution in [2.45, 2.75) is 26.2 Å². The van der Waals surface area contributed by atoms with E-state index in [-0.39, 0.29) is 11.3 Å². The summed E-state index contributed by atoms with van der Waals surface area (Å²) in [7, 11) is 0. The van der Waals surface area contributed by atoms with E-state index >= 15 is 0 Å². The van der Waals surface area contributed by atoms with Gasteiger partial charge in [0.1, 0.15) is 11.6 Å². The fourth-order valence-electron chi connectivity index (χ4n) is 9.20. The second-order valence-electron chi connectivity index (χ2n) is 14.5. The van der Waals surface area contributed by atoms with Crippen molar-refractivity contribution in [3.8, 4) is 0 Å². The van der Waals surface area contributed by atoms with Gasteiger partial charge in [-0.05, 0) is 95.4 Å². The van der Waals surface area contributed by atoms with Crippen LogP contribution in [0.15, 0.2) is 175 Å². The van der Waals surface area contributed by atoms with Gasteiger partial charge in [0.25, 0.3) is 0 Å². The molecule has 3 aliphatic carbocycles. The number of nitrogens with zero attached hydrogens (tertiary/aromatic N) is 4. The second-order valence-corrected chi connectivity index (χ2v) is 14.5. The molecule has 2 unspecified atom stereocenters. The summed E-state index contributed by atoms with van der Waals surface area (Å²) in [4.78, 5) is 14.7. The lowest BCUT2D eigenvalue weighted by molar-refractivity contribution is 0.444. The third kappa shape index (κ3) is 4.68. The third-order valence-corrected chi connectivity index (χ3v) is 11.6. The first-order valence-electron chi connectivity index (χ1n) is 18.4. The van der Waals surface area contributed by atoms with Gasteiger partial charge < -0.3 is 0 Å². The first kappa shape index (κ1) is 31.2. The van der Waals surface area contributed by atoms with Gasteiger partial charge in [0.15, 0.2) is 0 Å². The highest BCUT2D eigenvalue weighted by molar-refractivity contribution is 6.01. The van der Waals surface area contributed by atoms with Crippen molar-refractivity contribution in [3.63, 3.8) is 0 Å². The smallest absolute Gasteiger partial charge is 0.137 e. The minimum Gasteiger partial charge on any atom is -0.294 e. The van der Waals surface area contributed by atoms with E-state index in [0.29, 0.717) is 0 Å². The lowest BCUT2D eigenvalue weighted by Crippen LogP contribution is -2.43. The van der Waals surface area contributed by atoms with E-state index in [0.717, 1.165) is 34.4 Å². The maximum Gasteiger partial charge on any atom is 0.137 e. The maximum absolute atomic E-state index is 4.97. The Balaban J connectivity index is 1.26. The van der Waals surface area contributed by atoms with Crippen LogP contribution in [0.3, 0.4) is 0 Å². The topological polar surface area (TPSA) is 32.3 Å². The molecule has 10 rings (SSSR count). The van der Waals surface area contributed by atoms with Crippen LogP contribution in [0.4, 0.5) is 28.7 Å². The lowest BCUT2D eigenvalue weighted by atomic mass is 9.55. The Bertz CT molecular complexity index is 2710. The molecular formula is C49H38N4. The molecule has 0 aliphatic heterocycles. The Morgan fingerprint density at radius 3 is 1.79 bits per heavy atom. The van der Waals surface area contributed by atoms with Gasteiger partial charge in [-0.15, -0.1) is 0 Å². The monoisotopic (exact) mass is 682 g/mol. The number of pyridine rings is 2. The molecule has 5 aromatic carbocycles. The van der Waals surface area contributed by atoms with E-state index in [4.69, 9.17) is 9.97 Å². The number of benzene rings is 5. The molecule has 2 heterocycles. The zero-order valence-corrected chi connectivity index (χ0v) is 30.0. The first-order chi connectivity index (χ1) is 26.0. The molecule has 4 nitrogen and oxygen atoms in total. The molecule has 0 N–H and O–H groups in total. The quantitative estimate of drug-likeness (QED) is 0.175. The molecule has 0 saturated heterocycles. The molecule has 0 spiro atoms. The Morgan fingerprint density at radius 2 is 1.15 bits per heavy atom. The molecule has 4 heteroatoms. The largest absolute Gasteiger partial charge is 0.294 e. The van der Waals surface area contributed by atoms with Crippen LogP contribution >= 0.6 is 0 Å². The Hall–Kier alpha value is -6.52. The molecule has 254 valence electrons. The predicted molar refractivity (Wildman–Crippen MR) is 221 cm³/mol. The van der Waals surface area contributed by atoms with Crippen molar-refractivity contribution in [1.82, 2.24) is 9.97 Å². The average Bonchev–Trinajstić information content (AvgIpc) is 3.20. The van der Waals surface area contributed by atoms with Gasteiger partial charge in [-0.1, -0.05) is 122 Å². The van der Waals surface area contributed by atoms with Crippen molar-refractivity contribution < 1.29 is 0 Å². The highest BCUT2D eigenvalue weighted by atomic mass is 15.2. The van der Waals surface area contributed by atoms with Crippen molar-refractivity contribution in [2.24, 2.45) is 5.92 Å².